The third-order valence-corrected chi connectivity index (χ3v) is 6.92. The molecule has 2 N–H and O–H groups in total. The van der Waals surface area contributed by atoms with Crippen LogP contribution in [0.3, 0.4) is 0 Å². The van der Waals surface area contributed by atoms with Gasteiger partial charge in [0, 0.05) is 18.3 Å². The Kier molecular flexibility index (Phi) is 5.89. The number of ether oxygens (including phenoxy) is 3. The van der Waals surface area contributed by atoms with Crippen LogP contribution in [0.2, 0.25) is 0 Å². The van der Waals surface area contributed by atoms with Crippen molar-refractivity contribution < 1.29 is 18.6 Å². The summed E-state index contributed by atoms with van der Waals surface area (Å²) in [6, 6.07) is 17.1. The molecule has 0 amide bonds. The van der Waals surface area contributed by atoms with Crippen molar-refractivity contribution in [1.82, 2.24) is 19.2 Å². The molecule has 4 heterocycles. The van der Waals surface area contributed by atoms with E-state index >= 15 is 0 Å². The van der Waals surface area contributed by atoms with E-state index in [1.165, 1.54) is 15.9 Å². The summed E-state index contributed by atoms with van der Waals surface area (Å²) >= 11 is 1.35. The summed E-state index contributed by atoms with van der Waals surface area (Å²) in [6.45, 7) is 0.321. The Bertz CT molecular complexity index is 1830. The van der Waals surface area contributed by atoms with Gasteiger partial charge in [0.05, 0.1) is 32.1 Å². The van der Waals surface area contributed by atoms with Crippen LogP contribution in [0.1, 0.15) is 5.56 Å². The Labute approximate surface area is 220 Å². The number of pyridine rings is 1. The number of imidazole rings is 1. The number of fused-ring (bicyclic) bond motifs is 2. The van der Waals surface area contributed by atoms with Crippen molar-refractivity contribution in [1.29, 1.82) is 10.8 Å². The van der Waals surface area contributed by atoms with E-state index in [-0.39, 0.29) is 5.49 Å². The summed E-state index contributed by atoms with van der Waals surface area (Å²) in [7, 11) is 3.18. The highest BCUT2D eigenvalue weighted by atomic mass is 32.1. The molecule has 0 aliphatic rings. The molecule has 0 saturated carbocycles. The molecule has 190 valence electrons. The molecule has 11 heteroatoms. The van der Waals surface area contributed by atoms with Gasteiger partial charge in [-0.05, 0) is 52.3 Å². The van der Waals surface area contributed by atoms with Crippen LogP contribution in [0.15, 0.2) is 71.4 Å². The summed E-state index contributed by atoms with van der Waals surface area (Å²) in [6.07, 6.45) is 4.68. The highest BCUT2D eigenvalue weighted by Gasteiger charge is 2.17. The second-order valence-electron chi connectivity index (χ2n) is 8.40. The number of aromatic nitrogens is 4. The second-order valence-corrected chi connectivity index (χ2v) is 9.32. The third kappa shape index (κ3) is 4.28. The van der Waals surface area contributed by atoms with Crippen molar-refractivity contribution >= 4 is 33.6 Å². The van der Waals surface area contributed by atoms with E-state index < -0.39 is 0 Å². The minimum absolute atomic E-state index is 0.246. The Morgan fingerprint density at radius 2 is 1.92 bits per heavy atom. The molecule has 6 aromatic rings. The number of hydrogen-bond acceptors (Lipinski definition) is 9. The summed E-state index contributed by atoms with van der Waals surface area (Å²) in [5, 5.41) is 21.1. The molecule has 0 fully saturated rings. The fourth-order valence-electron chi connectivity index (χ4n) is 4.13. The molecule has 38 heavy (non-hydrogen) atoms. The molecule has 10 nitrogen and oxygen atoms in total. The molecule has 2 aromatic carbocycles. The minimum atomic E-state index is 0.246. The van der Waals surface area contributed by atoms with Gasteiger partial charge in [-0.2, -0.15) is 0 Å². The fraction of sp³-hybridized carbons (Fsp3) is 0.111. The molecular formula is C27H22N6O4S. The average Bonchev–Trinajstić information content (AvgIpc) is 3.65. The van der Waals surface area contributed by atoms with Crippen LogP contribution in [-0.2, 0) is 6.61 Å². The van der Waals surface area contributed by atoms with Crippen LogP contribution >= 0.6 is 11.3 Å². The number of nitrogens with zero attached hydrogens (tertiary/aromatic N) is 4. The van der Waals surface area contributed by atoms with E-state index in [0.29, 0.717) is 45.3 Å². The first kappa shape index (κ1) is 23.5. The van der Waals surface area contributed by atoms with E-state index in [0.717, 1.165) is 28.4 Å². The van der Waals surface area contributed by atoms with Gasteiger partial charge in [0.1, 0.15) is 34.9 Å². The number of benzene rings is 2. The number of hydrogen-bond donors (Lipinski definition) is 2. The molecular weight excluding hydrogens is 504 g/mol. The zero-order valence-electron chi connectivity index (χ0n) is 20.5. The van der Waals surface area contributed by atoms with Gasteiger partial charge in [0.2, 0.25) is 4.96 Å². The number of methoxy groups -OCH3 is 2. The predicted octanol–water partition coefficient (Wildman–Crippen LogP) is 5.20. The van der Waals surface area contributed by atoms with Crippen molar-refractivity contribution in [3.8, 4) is 39.3 Å². The van der Waals surface area contributed by atoms with Crippen LogP contribution in [-0.4, -0.2) is 39.7 Å². The average molecular weight is 527 g/mol. The van der Waals surface area contributed by atoms with Crippen LogP contribution in [0.25, 0.3) is 38.5 Å². The second kappa shape index (κ2) is 9.52. The van der Waals surface area contributed by atoms with Crippen LogP contribution in [0.4, 0.5) is 0 Å². The quantitative estimate of drug-likeness (QED) is 0.207. The predicted molar refractivity (Wildman–Crippen MR) is 143 cm³/mol. The maximum absolute atomic E-state index is 7.89. The smallest absolute Gasteiger partial charge is 0.294 e. The highest BCUT2D eigenvalue weighted by molar-refractivity contribution is 7.18. The molecule has 0 bridgehead atoms. The van der Waals surface area contributed by atoms with Crippen molar-refractivity contribution in [3.05, 3.63) is 78.0 Å². The van der Waals surface area contributed by atoms with E-state index in [4.69, 9.17) is 29.4 Å². The summed E-state index contributed by atoms with van der Waals surface area (Å²) < 4.78 is 26.2. The normalized spacial score (nSPS) is 11.2. The maximum atomic E-state index is 7.89. The molecule has 0 atom stereocenters. The maximum Gasteiger partial charge on any atom is 0.294 e. The standard InChI is InChI=1S/C27H22N6O4S/c1-34-19-9-22(36-14-16-4-3-5-17(8-16)18-6-7-25(29)32(12-18)15-28)20-11-24(37-23(20)10-19)21-13-33-26(30-21)38-27(31-33)35-2/h3-13,15,28-29H,14H2,1-2H3. The Morgan fingerprint density at radius 1 is 1.03 bits per heavy atom. The van der Waals surface area contributed by atoms with E-state index in [1.54, 1.807) is 37.2 Å². The summed E-state index contributed by atoms with van der Waals surface area (Å²) in [5.74, 6) is 1.83. The molecule has 4 aromatic heterocycles. The van der Waals surface area contributed by atoms with Crippen molar-refractivity contribution in [3.63, 3.8) is 0 Å². The lowest BCUT2D eigenvalue weighted by molar-refractivity contribution is 0.307. The largest absolute Gasteiger partial charge is 0.496 e. The van der Waals surface area contributed by atoms with E-state index in [9.17, 15) is 0 Å². The monoisotopic (exact) mass is 526 g/mol. The van der Waals surface area contributed by atoms with Gasteiger partial charge in [-0.15, -0.1) is 5.10 Å². The zero-order chi connectivity index (χ0) is 26.2. The Balaban J connectivity index is 1.30. The topological polar surface area (TPSA) is 124 Å². The van der Waals surface area contributed by atoms with Crippen LogP contribution in [0.5, 0.6) is 16.7 Å². The van der Waals surface area contributed by atoms with Crippen molar-refractivity contribution in [2.75, 3.05) is 14.2 Å². The van der Waals surface area contributed by atoms with Gasteiger partial charge >= 0.3 is 0 Å². The van der Waals surface area contributed by atoms with Crippen LogP contribution < -0.4 is 19.7 Å². The number of nitrogens with one attached hydrogen (secondary N) is 2. The van der Waals surface area contributed by atoms with Crippen molar-refractivity contribution in [2.45, 2.75) is 6.61 Å². The third-order valence-electron chi connectivity index (χ3n) is 6.03. The van der Waals surface area contributed by atoms with Crippen LogP contribution in [0, 0.1) is 10.8 Å². The molecule has 0 aliphatic carbocycles. The summed E-state index contributed by atoms with van der Waals surface area (Å²) in [4.78, 5) is 5.32. The van der Waals surface area contributed by atoms with Gasteiger partial charge in [-0.1, -0.05) is 18.2 Å². The van der Waals surface area contributed by atoms with Gasteiger partial charge in [0.25, 0.3) is 5.19 Å². The lowest BCUT2D eigenvalue weighted by Crippen LogP contribution is -2.17. The first-order valence-electron chi connectivity index (χ1n) is 11.6. The highest BCUT2D eigenvalue weighted by Crippen LogP contribution is 2.37. The molecule has 6 rings (SSSR count). The molecule has 0 aliphatic heterocycles. The molecule has 0 saturated heterocycles. The summed E-state index contributed by atoms with van der Waals surface area (Å²) in [5.41, 5.74) is 4.36. The Hall–Kier alpha value is -4.90. The Morgan fingerprint density at radius 3 is 2.71 bits per heavy atom. The van der Waals surface area contributed by atoms with Gasteiger partial charge in [-0.25, -0.2) is 9.50 Å². The lowest BCUT2D eigenvalue weighted by Gasteiger charge is -2.11. The molecule has 0 radical (unpaired) electrons. The van der Waals surface area contributed by atoms with E-state index in [1.807, 2.05) is 48.5 Å². The van der Waals surface area contributed by atoms with Gasteiger partial charge in [-0.3, -0.25) is 15.4 Å². The SMILES string of the molecule is COc1cc(OCc2cccc(-c3ccc(=N)n(C=N)c3)c2)c2cc(-c3cn4nc(OC)sc4n3)oc2c1. The molecule has 0 unspecified atom stereocenters. The zero-order valence-corrected chi connectivity index (χ0v) is 21.3. The minimum Gasteiger partial charge on any atom is -0.496 e. The van der Waals surface area contributed by atoms with Gasteiger partial charge in [0.15, 0.2) is 5.76 Å². The van der Waals surface area contributed by atoms with Crippen molar-refractivity contribution in [2.24, 2.45) is 0 Å². The first-order valence-corrected chi connectivity index (χ1v) is 12.4. The first-order chi connectivity index (χ1) is 18.5. The van der Waals surface area contributed by atoms with E-state index in [2.05, 4.69) is 10.1 Å². The van der Waals surface area contributed by atoms with Gasteiger partial charge < -0.3 is 18.6 Å². The fourth-order valence-corrected chi connectivity index (χ4v) is 4.83. The lowest BCUT2D eigenvalue weighted by atomic mass is 10.1. The number of rotatable bonds is 8. The number of furan rings is 1. The molecule has 0 spiro atoms.